The number of rotatable bonds is 35. The molecule has 44 heavy (non-hydrogen) atoms. The van der Waals surface area contributed by atoms with E-state index in [1.54, 1.807) is 6.08 Å². The standard InChI is InChI=1S/C40H77NO3/c1-3-5-7-9-11-13-15-17-19-20-21-22-23-25-27-29-31-33-35-39(43)38(37-42)41-40(44)36-34-32-30-28-26-24-18-16-14-12-10-8-6-4-2/h25,27,33,35,38-39,42-43H,3-24,26,28-32,34,36-37H2,1-2H3,(H,41,44)/b27-25+,35-33+. The van der Waals surface area contributed by atoms with Crippen molar-refractivity contribution in [3.05, 3.63) is 24.3 Å². The lowest BCUT2D eigenvalue weighted by Crippen LogP contribution is -2.45. The first-order valence-electron chi connectivity index (χ1n) is 19.6. The topological polar surface area (TPSA) is 69.6 Å². The van der Waals surface area contributed by atoms with Gasteiger partial charge in [-0.1, -0.05) is 192 Å². The Kier molecular flexibility index (Phi) is 35.4. The molecular formula is C40H77NO3. The number of allylic oxidation sites excluding steroid dienone is 3. The molecule has 0 aromatic carbocycles. The summed E-state index contributed by atoms with van der Waals surface area (Å²) < 4.78 is 0. The Morgan fingerprint density at radius 1 is 0.523 bits per heavy atom. The first-order valence-corrected chi connectivity index (χ1v) is 19.6. The van der Waals surface area contributed by atoms with Gasteiger partial charge in [-0.3, -0.25) is 4.79 Å². The van der Waals surface area contributed by atoms with Gasteiger partial charge in [-0.15, -0.1) is 0 Å². The summed E-state index contributed by atoms with van der Waals surface area (Å²) in [4.78, 5) is 12.3. The van der Waals surface area contributed by atoms with Crippen molar-refractivity contribution in [2.24, 2.45) is 0 Å². The Bertz CT molecular complexity index is 632. The molecule has 2 atom stereocenters. The van der Waals surface area contributed by atoms with Crippen LogP contribution in [-0.2, 0) is 4.79 Å². The number of aliphatic hydroxyl groups excluding tert-OH is 2. The number of carbonyl (C=O) groups is 1. The van der Waals surface area contributed by atoms with Crippen molar-refractivity contribution in [2.75, 3.05) is 6.61 Å². The van der Waals surface area contributed by atoms with Crippen LogP contribution in [0.1, 0.15) is 206 Å². The Balaban J connectivity index is 3.63. The maximum absolute atomic E-state index is 12.3. The normalized spacial score (nSPS) is 13.3. The summed E-state index contributed by atoms with van der Waals surface area (Å²) in [5.41, 5.74) is 0. The Hall–Kier alpha value is -1.13. The van der Waals surface area contributed by atoms with Crippen molar-refractivity contribution in [3.63, 3.8) is 0 Å². The fourth-order valence-corrected chi connectivity index (χ4v) is 5.90. The molecule has 2 unspecified atom stereocenters. The highest BCUT2D eigenvalue weighted by Crippen LogP contribution is 2.14. The number of carbonyl (C=O) groups excluding carboxylic acids is 1. The lowest BCUT2D eigenvalue weighted by atomic mass is 10.0. The van der Waals surface area contributed by atoms with Crippen molar-refractivity contribution in [3.8, 4) is 0 Å². The van der Waals surface area contributed by atoms with Crippen LogP contribution in [0.5, 0.6) is 0 Å². The van der Waals surface area contributed by atoms with Crippen LogP contribution in [0.3, 0.4) is 0 Å². The Labute approximate surface area is 275 Å². The lowest BCUT2D eigenvalue weighted by Gasteiger charge is -2.19. The predicted octanol–water partition coefficient (Wildman–Crippen LogP) is 11.7. The number of aliphatic hydroxyl groups is 2. The molecule has 0 fully saturated rings. The minimum Gasteiger partial charge on any atom is -0.394 e. The second-order valence-corrected chi connectivity index (χ2v) is 13.3. The number of unbranched alkanes of at least 4 members (excludes halogenated alkanes) is 26. The fourth-order valence-electron chi connectivity index (χ4n) is 5.90. The van der Waals surface area contributed by atoms with Gasteiger partial charge in [0.2, 0.25) is 5.91 Å². The van der Waals surface area contributed by atoms with E-state index < -0.39 is 12.1 Å². The maximum Gasteiger partial charge on any atom is 0.220 e. The summed E-state index contributed by atoms with van der Waals surface area (Å²) in [6, 6.07) is -0.633. The molecule has 4 nitrogen and oxygen atoms in total. The predicted molar refractivity (Wildman–Crippen MR) is 193 cm³/mol. The molecule has 0 heterocycles. The van der Waals surface area contributed by atoms with E-state index in [0.29, 0.717) is 6.42 Å². The van der Waals surface area contributed by atoms with Crippen molar-refractivity contribution in [1.82, 2.24) is 5.32 Å². The van der Waals surface area contributed by atoms with Gasteiger partial charge in [-0.25, -0.2) is 0 Å². The smallest absolute Gasteiger partial charge is 0.220 e. The van der Waals surface area contributed by atoms with Crippen molar-refractivity contribution < 1.29 is 15.0 Å². The molecule has 260 valence electrons. The fraction of sp³-hybridized carbons (Fsp3) is 0.875. The molecule has 0 aliphatic carbocycles. The van der Waals surface area contributed by atoms with Crippen LogP contribution in [0.25, 0.3) is 0 Å². The average Bonchev–Trinajstić information content (AvgIpc) is 3.03. The third-order valence-corrected chi connectivity index (χ3v) is 8.94. The van der Waals surface area contributed by atoms with Crippen LogP contribution in [-0.4, -0.2) is 34.9 Å². The second kappa shape index (κ2) is 36.3. The van der Waals surface area contributed by atoms with E-state index in [1.165, 1.54) is 154 Å². The second-order valence-electron chi connectivity index (χ2n) is 13.3. The van der Waals surface area contributed by atoms with E-state index in [0.717, 1.165) is 32.1 Å². The van der Waals surface area contributed by atoms with E-state index in [2.05, 4.69) is 31.3 Å². The lowest BCUT2D eigenvalue weighted by molar-refractivity contribution is -0.123. The number of hydrogen-bond acceptors (Lipinski definition) is 3. The van der Waals surface area contributed by atoms with Gasteiger partial charge in [-0.2, -0.15) is 0 Å². The van der Waals surface area contributed by atoms with Gasteiger partial charge in [0.25, 0.3) is 0 Å². The van der Waals surface area contributed by atoms with Crippen LogP contribution in [0.4, 0.5) is 0 Å². The van der Waals surface area contributed by atoms with Crippen LogP contribution in [0, 0.1) is 0 Å². The quantitative estimate of drug-likeness (QED) is 0.0488. The monoisotopic (exact) mass is 620 g/mol. The van der Waals surface area contributed by atoms with E-state index in [-0.39, 0.29) is 12.5 Å². The van der Waals surface area contributed by atoms with Gasteiger partial charge in [0.05, 0.1) is 18.8 Å². The largest absolute Gasteiger partial charge is 0.394 e. The van der Waals surface area contributed by atoms with E-state index in [1.807, 2.05) is 6.08 Å². The summed E-state index contributed by atoms with van der Waals surface area (Å²) in [5.74, 6) is -0.0730. The molecule has 0 spiro atoms. The Morgan fingerprint density at radius 2 is 0.886 bits per heavy atom. The van der Waals surface area contributed by atoms with E-state index in [9.17, 15) is 15.0 Å². The first kappa shape index (κ1) is 42.9. The number of amides is 1. The van der Waals surface area contributed by atoms with Gasteiger partial charge in [0.1, 0.15) is 0 Å². The molecule has 0 saturated heterocycles. The minimum atomic E-state index is -0.856. The molecule has 3 N–H and O–H groups in total. The van der Waals surface area contributed by atoms with Gasteiger partial charge >= 0.3 is 0 Å². The van der Waals surface area contributed by atoms with Gasteiger partial charge < -0.3 is 15.5 Å². The minimum absolute atomic E-state index is 0.0730. The maximum atomic E-state index is 12.3. The highest BCUT2D eigenvalue weighted by molar-refractivity contribution is 5.76. The van der Waals surface area contributed by atoms with Crippen molar-refractivity contribution in [1.29, 1.82) is 0 Å². The Morgan fingerprint density at radius 3 is 1.32 bits per heavy atom. The van der Waals surface area contributed by atoms with Gasteiger partial charge in [0, 0.05) is 6.42 Å². The van der Waals surface area contributed by atoms with Crippen LogP contribution >= 0.6 is 0 Å². The number of hydrogen-bond donors (Lipinski definition) is 3. The SMILES string of the molecule is CCCCCCCCCCCCCC/C=C/CC/C=C/C(O)C(CO)NC(=O)CCCCCCCCCCCCCCCC. The summed E-state index contributed by atoms with van der Waals surface area (Å²) in [6.07, 6.45) is 45.5. The average molecular weight is 620 g/mol. The summed E-state index contributed by atoms with van der Waals surface area (Å²) >= 11 is 0. The van der Waals surface area contributed by atoms with Crippen molar-refractivity contribution >= 4 is 5.91 Å². The van der Waals surface area contributed by atoms with E-state index in [4.69, 9.17) is 0 Å². The van der Waals surface area contributed by atoms with Crippen LogP contribution in [0.2, 0.25) is 0 Å². The van der Waals surface area contributed by atoms with Crippen LogP contribution in [0.15, 0.2) is 24.3 Å². The number of nitrogens with one attached hydrogen (secondary N) is 1. The highest BCUT2D eigenvalue weighted by atomic mass is 16.3. The molecule has 0 rings (SSSR count). The molecule has 1 amide bonds. The zero-order valence-electron chi connectivity index (χ0n) is 29.7. The summed E-state index contributed by atoms with van der Waals surface area (Å²) in [7, 11) is 0. The molecule has 0 aromatic rings. The molecule has 0 aliphatic heterocycles. The van der Waals surface area contributed by atoms with Crippen molar-refractivity contribution in [2.45, 2.75) is 219 Å². The van der Waals surface area contributed by atoms with Crippen LogP contribution < -0.4 is 5.32 Å². The molecule has 0 radical (unpaired) electrons. The summed E-state index contributed by atoms with van der Waals surface area (Å²) in [6.45, 7) is 4.30. The zero-order valence-corrected chi connectivity index (χ0v) is 29.7. The van der Waals surface area contributed by atoms with Gasteiger partial charge in [-0.05, 0) is 32.1 Å². The zero-order chi connectivity index (χ0) is 32.2. The van der Waals surface area contributed by atoms with Gasteiger partial charge in [0.15, 0.2) is 0 Å². The summed E-state index contributed by atoms with van der Waals surface area (Å²) in [5, 5.41) is 22.9. The first-order chi connectivity index (χ1) is 21.7. The van der Waals surface area contributed by atoms with E-state index >= 15 is 0 Å². The third-order valence-electron chi connectivity index (χ3n) is 8.94. The molecule has 0 aliphatic rings. The third kappa shape index (κ3) is 32.3. The molecular weight excluding hydrogens is 542 g/mol. The molecule has 0 saturated carbocycles. The molecule has 0 bridgehead atoms. The molecule has 4 heteroatoms. The molecule has 0 aromatic heterocycles. The highest BCUT2D eigenvalue weighted by Gasteiger charge is 2.17.